The number of fused-ring (bicyclic) bond motifs is 1. The quantitative estimate of drug-likeness (QED) is 0.636. The zero-order valence-corrected chi connectivity index (χ0v) is 13.6. The lowest BCUT2D eigenvalue weighted by molar-refractivity contribution is -0.155. The van der Waals surface area contributed by atoms with Gasteiger partial charge in [-0.05, 0) is 32.9 Å². The summed E-state index contributed by atoms with van der Waals surface area (Å²) in [6.45, 7) is 5.23. The molecule has 0 spiro atoms. The Balaban J connectivity index is 1.79. The largest absolute Gasteiger partial charge is 0.459 e. The molecule has 24 heavy (non-hydrogen) atoms. The Bertz CT molecular complexity index is 797. The van der Waals surface area contributed by atoms with E-state index in [1.165, 1.54) is 16.9 Å². The SMILES string of the molecule is CC(C)(C)OC(=O)Cn1ccc(N2C(=O)c3ccccc3C2=O)n1. The van der Waals surface area contributed by atoms with E-state index in [1.54, 1.807) is 45.0 Å². The van der Waals surface area contributed by atoms with Gasteiger partial charge >= 0.3 is 5.97 Å². The first-order chi connectivity index (χ1) is 11.3. The average molecular weight is 327 g/mol. The third-order valence-electron chi connectivity index (χ3n) is 3.36. The number of esters is 1. The molecule has 2 amide bonds. The smallest absolute Gasteiger partial charge is 0.328 e. The molecule has 0 fully saturated rings. The lowest BCUT2D eigenvalue weighted by Gasteiger charge is -2.19. The summed E-state index contributed by atoms with van der Waals surface area (Å²) in [7, 11) is 0. The van der Waals surface area contributed by atoms with Crippen LogP contribution in [0.4, 0.5) is 5.82 Å². The van der Waals surface area contributed by atoms with Crippen molar-refractivity contribution in [3.05, 3.63) is 47.7 Å². The zero-order chi connectivity index (χ0) is 17.5. The molecule has 7 nitrogen and oxygen atoms in total. The maximum Gasteiger partial charge on any atom is 0.328 e. The van der Waals surface area contributed by atoms with Crippen LogP contribution in [0.5, 0.6) is 0 Å². The van der Waals surface area contributed by atoms with Gasteiger partial charge in [0.05, 0.1) is 11.1 Å². The molecular formula is C17H17N3O4. The molecule has 3 rings (SSSR count). The summed E-state index contributed by atoms with van der Waals surface area (Å²) in [5.41, 5.74) is 0.115. The number of anilines is 1. The molecule has 2 aromatic rings. The highest BCUT2D eigenvalue weighted by molar-refractivity contribution is 6.34. The summed E-state index contributed by atoms with van der Waals surface area (Å²) in [6.07, 6.45) is 1.53. The van der Waals surface area contributed by atoms with E-state index in [9.17, 15) is 14.4 Å². The van der Waals surface area contributed by atoms with Crippen molar-refractivity contribution in [3.63, 3.8) is 0 Å². The molecule has 0 aliphatic carbocycles. The Hall–Kier alpha value is -2.96. The number of amides is 2. The summed E-state index contributed by atoms with van der Waals surface area (Å²) in [5, 5.41) is 4.15. The van der Waals surface area contributed by atoms with Gasteiger partial charge in [-0.25, -0.2) is 4.90 Å². The highest BCUT2D eigenvalue weighted by Crippen LogP contribution is 2.26. The number of rotatable bonds is 3. The van der Waals surface area contributed by atoms with Crippen molar-refractivity contribution in [2.24, 2.45) is 0 Å². The van der Waals surface area contributed by atoms with E-state index < -0.39 is 23.4 Å². The van der Waals surface area contributed by atoms with Crippen LogP contribution >= 0.6 is 0 Å². The van der Waals surface area contributed by atoms with E-state index in [0.717, 1.165) is 4.90 Å². The van der Waals surface area contributed by atoms with E-state index in [2.05, 4.69) is 5.10 Å². The maximum atomic E-state index is 12.4. The summed E-state index contributed by atoms with van der Waals surface area (Å²) in [5.74, 6) is -1.10. The predicted octanol–water partition coefficient (Wildman–Crippen LogP) is 2.03. The van der Waals surface area contributed by atoms with Gasteiger partial charge < -0.3 is 4.74 Å². The van der Waals surface area contributed by atoms with Crippen molar-refractivity contribution >= 4 is 23.6 Å². The molecule has 7 heteroatoms. The molecular weight excluding hydrogens is 310 g/mol. The first-order valence-corrected chi connectivity index (χ1v) is 7.49. The average Bonchev–Trinajstić information content (AvgIpc) is 3.01. The minimum Gasteiger partial charge on any atom is -0.459 e. The number of nitrogens with zero attached hydrogens (tertiary/aromatic N) is 3. The molecule has 0 N–H and O–H groups in total. The molecule has 1 aliphatic heterocycles. The molecule has 1 aromatic carbocycles. The summed E-state index contributed by atoms with van der Waals surface area (Å²) >= 11 is 0. The second kappa shape index (κ2) is 5.59. The third kappa shape index (κ3) is 2.92. The molecule has 0 radical (unpaired) electrons. The van der Waals surface area contributed by atoms with Crippen LogP contribution in [-0.4, -0.2) is 33.2 Å². The van der Waals surface area contributed by atoms with Crippen molar-refractivity contribution in [1.29, 1.82) is 0 Å². The number of hydrogen-bond acceptors (Lipinski definition) is 5. The molecule has 0 unspecified atom stereocenters. The Morgan fingerprint density at radius 2 is 1.67 bits per heavy atom. The normalized spacial score (nSPS) is 14.0. The standard InChI is InChI=1S/C17H17N3O4/c1-17(2,3)24-14(21)10-19-9-8-13(18-19)20-15(22)11-6-4-5-7-12(11)16(20)23/h4-9H,10H2,1-3H3. The van der Waals surface area contributed by atoms with Crippen LogP contribution in [0.2, 0.25) is 0 Å². The van der Waals surface area contributed by atoms with Gasteiger partial charge in [-0.1, -0.05) is 12.1 Å². The van der Waals surface area contributed by atoms with Gasteiger partial charge in [-0.15, -0.1) is 0 Å². The lowest BCUT2D eigenvalue weighted by Crippen LogP contribution is -2.30. The van der Waals surface area contributed by atoms with Crippen molar-refractivity contribution in [1.82, 2.24) is 9.78 Å². The topological polar surface area (TPSA) is 81.5 Å². The van der Waals surface area contributed by atoms with Crippen LogP contribution < -0.4 is 4.90 Å². The molecule has 0 saturated heterocycles. The van der Waals surface area contributed by atoms with Gasteiger partial charge in [-0.3, -0.25) is 19.1 Å². The number of aromatic nitrogens is 2. The summed E-state index contributed by atoms with van der Waals surface area (Å²) in [4.78, 5) is 37.6. The summed E-state index contributed by atoms with van der Waals surface area (Å²) < 4.78 is 6.56. The van der Waals surface area contributed by atoms with Crippen LogP contribution in [0.15, 0.2) is 36.5 Å². The highest BCUT2D eigenvalue weighted by Gasteiger charge is 2.37. The maximum absolute atomic E-state index is 12.4. The van der Waals surface area contributed by atoms with Crippen LogP contribution in [0.25, 0.3) is 0 Å². The number of hydrogen-bond donors (Lipinski definition) is 0. The molecule has 2 heterocycles. The second-order valence-electron chi connectivity index (χ2n) is 6.45. The first kappa shape index (κ1) is 15.9. The fourth-order valence-corrected chi connectivity index (χ4v) is 2.46. The molecule has 1 aliphatic rings. The van der Waals surface area contributed by atoms with Crippen LogP contribution in [0.3, 0.4) is 0 Å². The number of carbonyl (C=O) groups excluding carboxylic acids is 3. The number of imide groups is 1. The van der Waals surface area contributed by atoms with E-state index in [1.807, 2.05) is 0 Å². The summed E-state index contributed by atoms with van der Waals surface area (Å²) in [6, 6.07) is 8.13. The zero-order valence-electron chi connectivity index (χ0n) is 13.6. The number of ether oxygens (including phenoxy) is 1. The molecule has 1 aromatic heterocycles. The first-order valence-electron chi connectivity index (χ1n) is 7.49. The number of benzene rings is 1. The van der Waals surface area contributed by atoms with Crippen molar-refractivity contribution in [2.45, 2.75) is 32.9 Å². The van der Waals surface area contributed by atoms with Gasteiger partial charge in [0.2, 0.25) is 0 Å². The van der Waals surface area contributed by atoms with Gasteiger partial charge in [-0.2, -0.15) is 5.10 Å². The third-order valence-corrected chi connectivity index (χ3v) is 3.36. The number of carbonyl (C=O) groups is 3. The Labute approximate surface area is 138 Å². The van der Waals surface area contributed by atoms with E-state index in [4.69, 9.17) is 4.74 Å². The van der Waals surface area contributed by atoms with E-state index >= 15 is 0 Å². The van der Waals surface area contributed by atoms with E-state index in [0.29, 0.717) is 11.1 Å². The lowest BCUT2D eigenvalue weighted by atomic mass is 10.1. The van der Waals surface area contributed by atoms with Gasteiger partial charge in [0.15, 0.2) is 5.82 Å². The highest BCUT2D eigenvalue weighted by atomic mass is 16.6. The molecule has 124 valence electrons. The Kier molecular flexibility index (Phi) is 3.71. The molecule has 0 bridgehead atoms. The Morgan fingerprint density at radius 1 is 1.08 bits per heavy atom. The van der Waals surface area contributed by atoms with Gasteiger partial charge in [0.25, 0.3) is 11.8 Å². The second-order valence-corrected chi connectivity index (χ2v) is 6.45. The van der Waals surface area contributed by atoms with Crippen LogP contribution in [-0.2, 0) is 16.1 Å². The molecule has 0 saturated carbocycles. The minimum absolute atomic E-state index is 0.0968. The van der Waals surface area contributed by atoms with Gasteiger partial charge in [0, 0.05) is 12.3 Å². The van der Waals surface area contributed by atoms with Crippen LogP contribution in [0.1, 0.15) is 41.5 Å². The van der Waals surface area contributed by atoms with Crippen molar-refractivity contribution < 1.29 is 19.1 Å². The van der Waals surface area contributed by atoms with E-state index in [-0.39, 0.29) is 12.4 Å². The van der Waals surface area contributed by atoms with Crippen molar-refractivity contribution in [2.75, 3.05) is 4.90 Å². The fourth-order valence-electron chi connectivity index (χ4n) is 2.46. The Morgan fingerprint density at radius 3 is 2.21 bits per heavy atom. The minimum atomic E-state index is -0.588. The molecule has 0 atom stereocenters. The monoisotopic (exact) mass is 327 g/mol. The van der Waals surface area contributed by atoms with Gasteiger partial charge in [0.1, 0.15) is 12.1 Å². The van der Waals surface area contributed by atoms with Crippen LogP contribution in [0, 0.1) is 0 Å². The fraction of sp³-hybridized carbons (Fsp3) is 0.294. The van der Waals surface area contributed by atoms with Crippen molar-refractivity contribution in [3.8, 4) is 0 Å². The predicted molar refractivity (Wildman–Crippen MR) is 85.7 cm³/mol.